The van der Waals surface area contributed by atoms with Gasteiger partial charge in [-0.15, -0.1) is 0 Å². The highest BCUT2D eigenvalue weighted by Gasteiger charge is 2.32. The van der Waals surface area contributed by atoms with Crippen LogP contribution in [0.3, 0.4) is 0 Å². The van der Waals surface area contributed by atoms with Crippen molar-refractivity contribution in [3.8, 4) is 0 Å². The largest absolute Gasteiger partial charge is 0.353 e. The molecule has 0 unspecified atom stereocenters. The second kappa shape index (κ2) is 8.43. The summed E-state index contributed by atoms with van der Waals surface area (Å²) in [6, 6.07) is 5.99. The van der Waals surface area contributed by atoms with Gasteiger partial charge in [-0.25, -0.2) is 4.39 Å². The van der Waals surface area contributed by atoms with Crippen molar-refractivity contribution in [3.63, 3.8) is 0 Å². The lowest BCUT2D eigenvalue weighted by Crippen LogP contribution is -2.49. The van der Waals surface area contributed by atoms with Gasteiger partial charge >= 0.3 is 0 Å². The molecule has 1 saturated heterocycles. The molecule has 5 nitrogen and oxygen atoms in total. The summed E-state index contributed by atoms with van der Waals surface area (Å²) < 4.78 is 12.9. The molecule has 1 aromatic carbocycles. The minimum atomic E-state index is -0.336. The third kappa shape index (κ3) is 5.01. The summed E-state index contributed by atoms with van der Waals surface area (Å²) in [6.07, 6.45) is 6.26. The van der Waals surface area contributed by atoms with E-state index in [2.05, 4.69) is 16.0 Å². The van der Waals surface area contributed by atoms with Crippen molar-refractivity contribution in [2.45, 2.75) is 44.6 Å². The van der Waals surface area contributed by atoms with Crippen LogP contribution in [0.2, 0.25) is 0 Å². The fourth-order valence-corrected chi connectivity index (χ4v) is 3.68. The Kier molecular flexibility index (Phi) is 6.02. The number of anilines is 1. The minimum Gasteiger partial charge on any atom is -0.353 e. The number of amides is 2. The first kappa shape index (κ1) is 17.9. The number of nitrogens with one attached hydrogen (secondary N) is 3. The molecule has 1 aliphatic heterocycles. The van der Waals surface area contributed by atoms with Gasteiger partial charge in [0.25, 0.3) is 0 Å². The molecule has 3 N–H and O–H groups in total. The Morgan fingerprint density at radius 1 is 0.960 bits per heavy atom. The van der Waals surface area contributed by atoms with E-state index in [0.717, 1.165) is 12.8 Å². The van der Waals surface area contributed by atoms with Crippen molar-refractivity contribution in [3.05, 3.63) is 30.1 Å². The van der Waals surface area contributed by atoms with Crippen molar-refractivity contribution in [1.29, 1.82) is 0 Å². The van der Waals surface area contributed by atoms with Gasteiger partial charge in [-0.3, -0.25) is 9.59 Å². The first-order valence-electron chi connectivity index (χ1n) is 9.19. The van der Waals surface area contributed by atoms with Crippen LogP contribution in [0.4, 0.5) is 10.1 Å². The molecule has 3 rings (SSSR count). The molecule has 2 fully saturated rings. The van der Waals surface area contributed by atoms with Gasteiger partial charge in [0.1, 0.15) is 5.82 Å². The lowest BCUT2D eigenvalue weighted by atomic mass is 9.88. The Morgan fingerprint density at radius 3 is 2.28 bits per heavy atom. The number of rotatable bonds is 4. The Labute approximate surface area is 147 Å². The zero-order valence-electron chi connectivity index (χ0n) is 14.4. The molecule has 136 valence electrons. The topological polar surface area (TPSA) is 70.2 Å². The number of piperidine rings is 1. The van der Waals surface area contributed by atoms with Crippen molar-refractivity contribution >= 4 is 17.5 Å². The Bertz CT molecular complexity index is 599. The van der Waals surface area contributed by atoms with Crippen LogP contribution in [0.15, 0.2) is 24.3 Å². The van der Waals surface area contributed by atoms with Crippen LogP contribution >= 0.6 is 0 Å². The standard InChI is InChI=1S/C19H26FN3O2/c20-15-6-8-17(9-7-15)23-19(25)14-10-13(11-21-12-14)18(24)22-16-4-2-1-3-5-16/h6-9,13-14,16,21H,1-5,10-12H2,(H,22,24)(H,23,25)/t13-,14+/m0/s1. The summed E-state index contributed by atoms with van der Waals surface area (Å²) in [6.45, 7) is 1.17. The van der Waals surface area contributed by atoms with Crippen molar-refractivity contribution in [2.24, 2.45) is 11.8 Å². The monoisotopic (exact) mass is 347 g/mol. The SMILES string of the molecule is O=C(Nc1ccc(F)cc1)[C@H]1CNC[C@@H](C(=O)NC2CCCCC2)C1. The maximum Gasteiger partial charge on any atom is 0.228 e. The van der Waals surface area contributed by atoms with Crippen LogP contribution in [-0.4, -0.2) is 30.9 Å². The third-order valence-corrected chi connectivity index (χ3v) is 5.16. The second-order valence-electron chi connectivity index (χ2n) is 7.13. The van der Waals surface area contributed by atoms with E-state index < -0.39 is 0 Å². The van der Waals surface area contributed by atoms with Gasteiger partial charge in [-0.05, 0) is 43.5 Å². The summed E-state index contributed by atoms with van der Waals surface area (Å²) in [5.41, 5.74) is 0.570. The van der Waals surface area contributed by atoms with Gasteiger partial charge in [0.2, 0.25) is 11.8 Å². The van der Waals surface area contributed by atoms with E-state index in [1.807, 2.05) is 0 Å². The van der Waals surface area contributed by atoms with Crippen molar-refractivity contribution in [1.82, 2.24) is 10.6 Å². The molecule has 2 atom stereocenters. The second-order valence-corrected chi connectivity index (χ2v) is 7.13. The summed E-state index contributed by atoms with van der Waals surface area (Å²) in [5.74, 6) is -0.856. The molecular weight excluding hydrogens is 321 g/mol. The van der Waals surface area contributed by atoms with Gasteiger partial charge in [0, 0.05) is 24.8 Å². The molecule has 25 heavy (non-hydrogen) atoms. The summed E-state index contributed by atoms with van der Waals surface area (Å²) >= 11 is 0. The van der Waals surface area contributed by atoms with Gasteiger partial charge in [0.15, 0.2) is 0 Å². The van der Waals surface area contributed by atoms with E-state index in [0.29, 0.717) is 25.2 Å². The number of carbonyl (C=O) groups is 2. The normalized spacial score (nSPS) is 24.5. The number of halogens is 1. The number of benzene rings is 1. The summed E-state index contributed by atoms with van der Waals surface area (Å²) in [4.78, 5) is 24.9. The van der Waals surface area contributed by atoms with Crippen molar-refractivity contribution in [2.75, 3.05) is 18.4 Å². The first-order valence-corrected chi connectivity index (χ1v) is 9.19. The van der Waals surface area contributed by atoms with Crippen LogP contribution in [0.5, 0.6) is 0 Å². The quantitative estimate of drug-likeness (QED) is 0.783. The lowest BCUT2D eigenvalue weighted by Gasteiger charge is -2.31. The van der Waals surface area contributed by atoms with Gasteiger partial charge < -0.3 is 16.0 Å². The molecule has 0 aromatic heterocycles. The van der Waals surface area contributed by atoms with E-state index in [1.54, 1.807) is 0 Å². The smallest absolute Gasteiger partial charge is 0.228 e. The van der Waals surface area contributed by atoms with Gasteiger partial charge in [-0.2, -0.15) is 0 Å². The number of hydrogen-bond donors (Lipinski definition) is 3. The van der Waals surface area contributed by atoms with E-state index in [-0.39, 0.29) is 35.5 Å². The third-order valence-electron chi connectivity index (χ3n) is 5.16. The maximum atomic E-state index is 12.9. The van der Waals surface area contributed by atoms with E-state index in [4.69, 9.17) is 0 Å². The molecule has 1 aliphatic carbocycles. The molecule has 0 radical (unpaired) electrons. The molecule has 0 bridgehead atoms. The van der Waals surface area contributed by atoms with Crippen LogP contribution in [0.1, 0.15) is 38.5 Å². The molecule has 6 heteroatoms. The summed E-state index contributed by atoms with van der Waals surface area (Å²) in [7, 11) is 0. The zero-order valence-corrected chi connectivity index (χ0v) is 14.4. The van der Waals surface area contributed by atoms with Crippen molar-refractivity contribution < 1.29 is 14.0 Å². The van der Waals surface area contributed by atoms with Crippen LogP contribution in [0.25, 0.3) is 0 Å². The van der Waals surface area contributed by atoms with Gasteiger partial charge in [-0.1, -0.05) is 19.3 Å². The average molecular weight is 347 g/mol. The number of carbonyl (C=O) groups excluding carboxylic acids is 2. The van der Waals surface area contributed by atoms with Crippen LogP contribution < -0.4 is 16.0 Å². The lowest BCUT2D eigenvalue weighted by molar-refractivity contribution is -0.128. The maximum absolute atomic E-state index is 12.9. The molecule has 2 aliphatic rings. The Hall–Kier alpha value is -1.95. The van der Waals surface area contributed by atoms with Crippen LogP contribution in [0, 0.1) is 17.7 Å². The summed E-state index contributed by atoms with van der Waals surface area (Å²) in [5, 5.41) is 9.15. The molecule has 0 spiro atoms. The Morgan fingerprint density at radius 2 is 1.60 bits per heavy atom. The first-order chi connectivity index (χ1) is 12.1. The number of hydrogen-bond acceptors (Lipinski definition) is 3. The molecule has 1 saturated carbocycles. The highest BCUT2D eigenvalue weighted by Crippen LogP contribution is 2.22. The van der Waals surface area contributed by atoms with E-state index >= 15 is 0 Å². The predicted molar refractivity (Wildman–Crippen MR) is 94.5 cm³/mol. The fourth-order valence-electron chi connectivity index (χ4n) is 3.68. The average Bonchev–Trinajstić information content (AvgIpc) is 2.64. The zero-order chi connectivity index (χ0) is 17.6. The molecule has 1 heterocycles. The molecule has 2 amide bonds. The van der Waals surface area contributed by atoms with E-state index in [1.165, 1.54) is 43.5 Å². The minimum absolute atomic E-state index is 0.0543. The fraction of sp³-hybridized carbons (Fsp3) is 0.579. The highest BCUT2D eigenvalue weighted by molar-refractivity contribution is 5.93. The van der Waals surface area contributed by atoms with E-state index in [9.17, 15) is 14.0 Å². The molecular formula is C19H26FN3O2. The molecule has 1 aromatic rings. The highest BCUT2D eigenvalue weighted by atomic mass is 19.1. The van der Waals surface area contributed by atoms with Crippen LogP contribution in [-0.2, 0) is 9.59 Å². The Balaban J connectivity index is 1.52. The van der Waals surface area contributed by atoms with Gasteiger partial charge in [0.05, 0.1) is 11.8 Å². The predicted octanol–water partition coefficient (Wildman–Crippen LogP) is 2.44.